The van der Waals surface area contributed by atoms with Crippen molar-refractivity contribution in [1.82, 2.24) is 0 Å². The molecular weight excluding hydrogens is 166 g/mol. The van der Waals surface area contributed by atoms with Crippen LogP contribution in [0.4, 0.5) is 26.3 Å². The highest BCUT2D eigenvalue weighted by Gasteiger charge is 2.38. The number of halogens is 6. The van der Waals surface area contributed by atoms with Gasteiger partial charge in [-0.15, -0.1) is 13.2 Å². The van der Waals surface area contributed by atoms with Crippen LogP contribution in [0.2, 0.25) is 0 Å². The van der Waals surface area contributed by atoms with Crippen molar-refractivity contribution in [3.8, 4) is 0 Å². The fourth-order valence-corrected chi connectivity index (χ4v) is 0.162. The first kappa shape index (κ1) is 9.54. The summed E-state index contributed by atoms with van der Waals surface area (Å²) >= 11 is 0. The van der Waals surface area contributed by atoms with Crippen molar-refractivity contribution >= 4 is 0 Å². The topological polar surface area (TPSA) is 9.23 Å². The molecule has 1 radical (unpaired) electrons. The lowest BCUT2D eigenvalue weighted by atomic mass is 10.7. The van der Waals surface area contributed by atoms with Crippen molar-refractivity contribution in [1.29, 1.82) is 0 Å². The highest BCUT2D eigenvalue weighted by atomic mass is 19.4. The minimum atomic E-state index is -5.37. The Balaban J connectivity index is 3.68. The molecule has 0 aromatic heterocycles. The molecule has 0 heterocycles. The standard InChI is InChI=1S/C3HF6O/c4-1(5)2(6)10-3(7,8)9/h2H. The summed E-state index contributed by atoms with van der Waals surface area (Å²) in [6.07, 6.45) is -12.1. The van der Waals surface area contributed by atoms with Crippen LogP contribution < -0.4 is 0 Å². The number of hydrogen-bond donors (Lipinski definition) is 0. The molecule has 10 heavy (non-hydrogen) atoms. The Labute approximate surface area is 51.6 Å². The van der Waals surface area contributed by atoms with E-state index >= 15 is 0 Å². The molecule has 0 fully saturated rings. The molecule has 1 atom stereocenters. The lowest BCUT2D eigenvalue weighted by Gasteiger charge is -2.08. The average molecular weight is 167 g/mol. The number of alkyl halides is 4. The zero-order valence-electron chi connectivity index (χ0n) is 4.25. The van der Waals surface area contributed by atoms with E-state index in [4.69, 9.17) is 0 Å². The fraction of sp³-hybridized carbons (Fsp3) is 0.667. The lowest BCUT2D eigenvalue weighted by Crippen LogP contribution is -2.22. The molecule has 0 aliphatic carbocycles. The first-order chi connectivity index (χ1) is 4.33. The molecule has 0 rings (SSSR count). The van der Waals surface area contributed by atoms with Crippen molar-refractivity contribution < 1.29 is 31.1 Å². The van der Waals surface area contributed by atoms with Crippen LogP contribution >= 0.6 is 0 Å². The van der Waals surface area contributed by atoms with Crippen LogP contribution in [0.15, 0.2) is 0 Å². The molecule has 0 aliphatic rings. The third-order valence-electron chi connectivity index (χ3n) is 0.409. The van der Waals surface area contributed by atoms with Gasteiger partial charge in [-0.3, -0.25) is 4.74 Å². The van der Waals surface area contributed by atoms with E-state index in [-0.39, 0.29) is 0 Å². The zero-order chi connectivity index (χ0) is 8.36. The second-order valence-corrected chi connectivity index (χ2v) is 1.17. The van der Waals surface area contributed by atoms with E-state index in [1.165, 1.54) is 0 Å². The van der Waals surface area contributed by atoms with Crippen LogP contribution in [0.5, 0.6) is 0 Å². The van der Waals surface area contributed by atoms with Gasteiger partial charge in [0.1, 0.15) is 0 Å². The van der Waals surface area contributed by atoms with Crippen molar-refractivity contribution in [2.24, 2.45) is 0 Å². The van der Waals surface area contributed by atoms with Gasteiger partial charge in [0.15, 0.2) is 0 Å². The first-order valence-electron chi connectivity index (χ1n) is 1.89. The minimum absolute atomic E-state index is 2.25. The fourth-order valence-electron chi connectivity index (χ4n) is 0.162. The largest absolute Gasteiger partial charge is 0.525 e. The average Bonchev–Trinajstić information content (AvgIpc) is 1.60. The molecule has 0 aromatic carbocycles. The lowest BCUT2D eigenvalue weighted by molar-refractivity contribution is -0.363. The van der Waals surface area contributed by atoms with Crippen LogP contribution in [0, 0.1) is 6.43 Å². The molecular formula is C3HF6O. The molecule has 0 aromatic rings. The van der Waals surface area contributed by atoms with Gasteiger partial charge < -0.3 is 0 Å². The molecule has 1 unspecified atom stereocenters. The molecule has 1 nitrogen and oxygen atoms in total. The minimum Gasteiger partial charge on any atom is -0.250 e. The van der Waals surface area contributed by atoms with Gasteiger partial charge in [-0.2, -0.15) is 8.78 Å². The molecule has 0 bridgehead atoms. The van der Waals surface area contributed by atoms with Gasteiger partial charge in [0.25, 0.3) is 6.36 Å². The quantitative estimate of drug-likeness (QED) is 0.573. The molecule has 0 amide bonds. The number of ether oxygens (including phenoxy) is 1. The van der Waals surface area contributed by atoms with Crippen LogP contribution in [0.1, 0.15) is 0 Å². The second kappa shape index (κ2) is 3.09. The van der Waals surface area contributed by atoms with Crippen molar-refractivity contribution in [3.05, 3.63) is 6.43 Å². The molecule has 0 saturated carbocycles. The van der Waals surface area contributed by atoms with E-state index in [2.05, 4.69) is 4.74 Å². The summed E-state index contributed by atoms with van der Waals surface area (Å²) in [5.41, 5.74) is 0. The van der Waals surface area contributed by atoms with E-state index in [1.54, 1.807) is 0 Å². The molecule has 0 spiro atoms. The van der Waals surface area contributed by atoms with Gasteiger partial charge in [0.2, 0.25) is 0 Å². The van der Waals surface area contributed by atoms with Gasteiger partial charge in [0.05, 0.1) is 0 Å². The predicted molar refractivity (Wildman–Crippen MR) is 17.5 cm³/mol. The van der Waals surface area contributed by atoms with E-state index in [1.807, 2.05) is 0 Å². The Kier molecular flexibility index (Phi) is 2.95. The molecule has 0 aliphatic heterocycles. The molecule has 0 saturated heterocycles. The molecule has 61 valence electrons. The van der Waals surface area contributed by atoms with Gasteiger partial charge >= 0.3 is 12.8 Å². The van der Waals surface area contributed by atoms with Crippen LogP contribution in [-0.2, 0) is 4.74 Å². The van der Waals surface area contributed by atoms with Gasteiger partial charge in [0, 0.05) is 0 Å². The number of rotatable bonds is 2. The Morgan fingerprint density at radius 3 is 1.70 bits per heavy atom. The van der Waals surface area contributed by atoms with E-state index in [0.29, 0.717) is 0 Å². The maximum Gasteiger partial charge on any atom is 0.525 e. The maximum absolute atomic E-state index is 11.3. The van der Waals surface area contributed by atoms with Crippen LogP contribution in [0.3, 0.4) is 0 Å². The van der Waals surface area contributed by atoms with E-state index in [9.17, 15) is 26.3 Å². The van der Waals surface area contributed by atoms with Crippen LogP contribution in [-0.4, -0.2) is 12.7 Å². The highest BCUT2D eigenvalue weighted by Crippen LogP contribution is 2.25. The normalized spacial score (nSPS) is 15.9. The van der Waals surface area contributed by atoms with E-state index in [0.717, 1.165) is 0 Å². The summed E-state index contributed by atoms with van der Waals surface area (Å²) in [6, 6.07) is 0. The smallest absolute Gasteiger partial charge is 0.250 e. The van der Waals surface area contributed by atoms with Gasteiger partial charge in [-0.25, -0.2) is 4.39 Å². The Morgan fingerprint density at radius 1 is 1.20 bits per heavy atom. The predicted octanol–water partition coefficient (Wildman–Crippen LogP) is 2.25. The third-order valence-corrected chi connectivity index (χ3v) is 0.409. The SMILES string of the molecule is F[C](F)C(F)OC(F)(F)F. The number of hydrogen-bond acceptors (Lipinski definition) is 1. The summed E-state index contributed by atoms with van der Waals surface area (Å²) < 4.78 is 67.9. The second-order valence-electron chi connectivity index (χ2n) is 1.17. The Hall–Kier alpha value is -0.460. The zero-order valence-corrected chi connectivity index (χ0v) is 4.25. The Morgan fingerprint density at radius 2 is 1.60 bits per heavy atom. The van der Waals surface area contributed by atoms with Gasteiger partial charge in [-0.05, 0) is 0 Å². The summed E-state index contributed by atoms with van der Waals surface area (Å²) in [5.74, 6) is 0. The summed E-state index contributed by atoms with van der Waals surface area (Å²) in [6.45, 7) is 0. The molecule has 7 heteroatoms. The van der Waals surface area contributed by atoms with Gasteiger partial charge in [-0.1, -0.05) is 0 Å². The summed E-state index contributed by atoms with van der Waals surface area (Å²) in [4.78, 5) is 0. The Bertz CT molecular complexity index is 97.7. The van der Waals surface area contributed by atoms with E-state index < -0.39 is 19.1 Å². The van der Waals surface area contributed by atoms with Crippen molar-refractivity contribution in [2.75, 3.05) is 0 Å². The third kappa shape index (κ3) is 4.42. The summed E-state index contributed by atoms with van der Waals surface area (Å²) in [5, 5.41) is 0. The maximum atomic E-state index is 11.3. The van der Waals surface area contributed by atoms with Crippen molar-refractivity contribution in [2.45, 2.75) is 12.7 Å². The first-order valence-corrected chi connectivity index (χ1v) is 1.89. The van der Waals surface area contributed by atoms with Crippen LogP contribution in [0.25, 0.3) is 0 Å². The molecule has 0 N–H and O–H groups in total. The summed E-state index contributed by atoms with van der Waals surface area (Å²) in [7, 11) is 0. The van der Waals surface area contributed by atoms with Crippen molar-refractivity contribution in [3.63, 3.8) is 0 Å². The highest BCUT2D eigenvalue weighted by molar-refractivity contribution is 4.63. The monoisotopic (exact) mass is 167 g/mol.